The lowest BCUT2D eigenvalue weighted by Gasteiger charge is -2.27. The Bertz CT molecular complexity index is 565. The lowest BCUT2D eigenvalue weighted by Crippen LogP contribution is -2.44. The fourth-order valence-electron chi connectivity index (χ4n) is 2.17. The van der Waals surface area contributed by atoms with E-state index in [1.165, 1.54) is 0 Å². The van der Waals surface area contributed by atoms with Crippen LogP contribution in [0.2, 0.25) is 0 Å². The summed E-state index contributed by atoms with van der Waals surface area (Å²) >= 11 is 0. The van der Waals surface area contributed by atoms with Gasteiger partial charge in [0.05, 0.1) is 6.10 Å². The number of carboxylic acid groups (broad SMARTS) is 1. The van der Waals surface area contributed by atoms with Gasteiger partial charge >= 0.3 is 5.97 Å². The molecule has 7 nitrogen and oxygen atoms in total. The van der Waals surface area contributed by atoms with E-state index in [0.717, 1.165) is 25.1 Å². The number of aliphatic hydroxyl groups excluding tert-OH is 1. The smallest absolute Gasteiger partial charge is 0.352 e. The number of carbonyl (C=O) groups is 1. The molecule has 1 aliphatic carbocycles. The highest BCUT2D eigenvalue weighted by Crippen LogP contribution is 2.21. The highest BCUT2D eigenvalue weighted by atomic mass is 32.2. The molecular weight excluding hydrogens is 272 g/mol. The molecule has 1 aliphatic rings. The molecule has 1 aromatic rings. The van der Waals surface area contributed by atoms with Crippen LogP contribution >= 0.6 is 0 Å². The van der Waals surface area contributed by atoms with E-state index in [9.17, 15) is 18.3 Å². The molecule has 0 amide bonds. The van der Waals surface area contributed by atoms with E-state index >= 15 is 0 Å². The largest absolute Gasteiger partial charge is 0.477 e. The number of rotatable bonds is 4. The topological polar surface area (TPSA) is 119 Å². The van der Waals surface area contributed by atoms with Crippen molar-refractivity contribution in [3.8, 4) is 0 Å². The lowest BCUT2D eigenvalue weighted by molar-refractivity contribution is 0.0691. The summed E-state index contributed by atoms with van der Waals surface area (Å²) in [4.78, 5) is 12.9. The van der Waals surface area contributed by atoms with E-state index in [0.29, 0.717) is 12.8 Å². The molecule has 0 saturated heterocycles. The number of nitrogens with one attached hydrogen (secondary N) is 2. The fourth-order valence-corrected chi connectivity index (χ4v) is 3.47. The van der Waals surface area contributed by atoms with Crippen LogP contribution in [0.15, 0.2) is 17.2 Å². The third-order valence-corrected chi connectivity index (χ3v) is 4.70. The van der Waals surface area contributed by atoms with Gasteiger partial charge in [-0.25, -0.2) is 17.9 Å². The highest BCUT2D eigenvalue weighted by molar-refractivity contribution is 7.89. The first-order valence-corrected chi connectivity index (χ1v) is 7.50. The molecule has 2 rings (SSSR count). The number of aromatic carboxylic acids is 1. The van der Waals surface area contributed by atoms with Crippen LogP contribution < -0.4 is 4.72 Å². The van der Waals surface area contributed by atoms with Crippen molar-refractivity contribution < 1.29 is 23.4 Å². The molecule has 4 N–H and O–H groups in total. The van der Waals surface area contributed by atoms with Crippen LogP contribution in [0.3, 0.4) is 0 Å². The minimum atomic E-state index is -3.81. The van der Waals surface area contributed by atoms with Crippen LogP contribution in [0, 0.1) is 0 Å². The van der Waals surface area contributed by atoms with Crippen LogP contribution in [0.4, 0.5) is 0 Å². The summed E-state index contributed by atoms with van der Waals surface area (Å²) in [5.74, 6) is -1.22. The molecule has 1 saturated carbocycles. The maximum Gasteiger partial charge on any atom is 0.352 e. The Balaban J connectivity index is 2.15. The van der Waals surface area contributed by atoms with E-state index in [2.05, 4.69) is 9.71 Å². The zero-order chi connectivity index (χ0) is 14.0. The molecular formula is C11H16N2O5S. The summed E-state index contributed by atoms with van der Waals surface area (Å²) in [5.41, 5.74) is -0.190. The Kier molecular flexibility index (Phi) is 3.93. The van der Waals surface area contributed by atoms with Crippen molar-refractivity contribution >= 4 is 16.0 Å². The van der Waals surface area contributed by atoms with Crippen LogP contribution in [-0.2, 0) is 10.0 Å². The predicted octanol–water partition coefficient (Wildman–Crippen LogP) is 0.295. The van der Waals surface area contributed by atoms with Crippen LogP contribution in [0.25, 0.3) is 0 Å². The van der Waals surface area contributed by atoms with Gasteiger partial charge in [-0.3, -0.25) is 0 Å². The molecule has 8 heteroatoms. The Hall–Kier alpha value is -1.38. The molecule has 0 aliphatic heterocycles. The van der Waals surface area contributed by atoms with Gasteiger partial charge in [-0.05, 0) is 18.9 Å². The number of H-pyrrole nitrogens is 1. The number of carboxylic acids is 1. The van der Waals surface area contributed by atoms with Crippen molar-refractivity contribution in [3.05, 3.63) is 18.0 Å². The highest BCUT2D eigenvalue weighted by Gasteiger charge is 2.28. The molecule has 0 spiro atoms. The normalized spacial score (nSPS) is 24.3. The molecule has 2 atom stereocenters. The lowest BCUT2D eigenvalue weighted by atomic mass is 9.93. The maximum atomic E-state index is 12.0. The second-order valence-corrected chi connectivity index (χ2v) is 6.35. The monoisotopic (exact) mass is 288 g/mol. The van der Waals surface area contributed by atoms with Gasteiger partial charge in [0, 0.05) is 12.2 Å². The summed E-state index contributed by atoms with van der Waals surface area (Å²) in [5, 5.41) is 18.5. The molecule has 1 heterocycles. The molecule has 1 fully saturated rings. The van der Waals surface area contributed by atoms with Crippen molar-refractivity contribution in [1.82, 2.24) is 9.71 Å². The van der Waals surface area contributed by atoms with Crippen molar-refractivity contribution in [1.29, 1.82) is 0 Å². The number of aromatic amines is 1. The standard InChI is InChI=1S/C11H16N2O5S/c14-10-4-2-1-3-8(10)13-19(17,18)7-5-9(11(15)16)12-6-7/h5-6,8,10,12-14H,1-4H2,(H,15,16). The minimum Gasteiger partial charge on any atom is -0.477 e. The third kappa shape index (κ3) is 3.14. The Morgan fingerprint density at radius 3 is 2.63 bits per heavy atom. The Labute approximate surface area is 110 Å². The van der Waals surface area contributed by atoms with Crippen LogP contribution in [0.5, 0.6) is 0 Å². The molecule has 0 bridgehead atoms. The van der Waals surface area contributed by atoms with Gasteiger partial charge < -0.3 is 15.2 Å². The van der Waals surface area contributed by atoms with E-state index in [4.69, 9.17) is 5.11 Å². The number of aliphatic hydroxyl groups is 1. The molecule has 106 valence electrons. The van der Waals surface area contributed by atoms with E-state index < -0.39 is 28.1 Å². The van der Waals surface area contributed by atoms with Crippen molar-refractivity contribution in [2.75, 3.05) is 0 Å². The van der Waals surface area contributed by atoms with Gasteiger partial charge in [0.1, 0.15) is 10.6 Å². The average Bonchev–Trinajstić information content (AvgIpc) is 2.82. The maximum absolute atomic E-state index is 12.0. The number of sulfonamides is 1. The van der Waals surface area contributed by atoms with Gasteiger partial charge in [0.15, 0.2) is 0 Å². The zero-order valence-corrected chi connectivity index (χ0v) is 11.0. The Morgan fingerprint density at radius 1 is 1.37 bits per heavy atom. The molecule has 1 aromatic heterocycles. The third-order valence-electron chi connectivity index (χ3n) is 3.23. The molecule has 2 unspecified atom stereocenters. The summed E-state index contributed by atoms with van der Waals surface area (Å²) in [6.45, 7) is 0. The van der Waals surface area contributed by atoms with E-state index in [1.807, 2.05) is 0 Å². The minimum absolute atomic E-state index is 0.136. The number of hydrogen-bond acceptors (Lipinski definition) is 4. The SMILES string of the molecule is O=C(O)c1cc(S(=O)(=O)NC2CCCCC2O)c[nH]1. The van der Waals surface area contributed by atoms with Gasteiger partial charge in [-0.15, -0.1) is 0 Å². The summed E-state index contributed by atoms with van der Waals surface area (Å²) < 4.78 is 26.5. The first kappa shape index (κ1) is 14.0. The average molecular weight is 288 g/mol. The zero-order valence-electron chi connectivity index (χ0n) is 10.2. The molecule has 0 aromatic carbocycles. The fraction of sp³-hybridized carbons (Fsp3) is 0.545. The molecule has 19 heavy (non-hydrogen) atoms. The van der Waals surface area contributed by atoms with Gasteiger partial charge in [-0.2, -0.15) is 0 Å². The van der Waals surface area contributed by atoms with Crippen molar-refractivity contribution in [2.24, 2.45) is 0 Å². The van der Waals surface area contributed by atoms with Crippen LogP contribution in [-0.4, -0.2) is 41.7 Å². The second-order valence-electron chi connectivity index (χ2n) is 4.63. The van der Waals surface area contributed by atoms with E-state index in [1.54, 1.807) is 0 Å². The summed E-state index contributed by atoms with van der Waals surface area (Å²) in [6, 6.07) is 0.543. The quantitative estimate of drug-likeness (QED) is 0.635. The number of hydrogen-bond donors (Lipinski definition) is 4. The molecule has 0 radical (unpaired) electrons. The second kappa shape index (κ2) is 5.32. The Morgan fingerprint density at radius 2 is 2.05 bits per heavy atom. The van der Waals surface area contributed by atoms with Gasteiger partial charge in [0.2, 0.25) is 10.0 Å². The first-order valence-electron chi connectivity index (χ1n) is 6.02. The number of aromatic nitrogens is 1. The van der Waals surface area contributed by atoms with E-state index in [-0.39, 0.29) is 10.6 Å². The van der Waals surface area contributed by atoms with Gasteiger partial charge in [0.25, 0.3) is 0 Å². The predicted molar refractivity (Wildman–Crippen MR) is 66.3 cm³/mol. The summed E-state index contributed by atoms with van der Waals surface area (Å²) in [7, 11) is -3.81. The summed E-state index contributed by atoms with van der Waals surface area (Å²) in [6.07, 6.45) is 3.32. The van der Waals surface area contributed by atoms with Crippen molar-refractivity contribution in [3.63, 3.8) is 0 Å². The van der Waals surface area contributed by atoms with Crippen molar-refractivity contribution in [2.45, 2.75) is 42.7 Å². The first-order chi connectivity index (χ1) is 8.90. The van der Waals surface area contributed by atoms with Crippen LogP contribution in [0.1, 0.15) is 36.2 Å². The van der Waals surface area contributed by atoms with Gasteiger partial charge in [-0.1, -0.05) is 12.8 Å².